The Labute approximate surface area is 178 Å². The van der Waals surface area contributed by atoms with Gasteiger partial charge in [0.25, 0.3) is 0 Å². The van der Waals surface area contributed by atoms with Crippen molar-refractivity contribution in [2.45, 2.75) is 65.4 Å². The molecule has 166 valence electrons. The zero-order valence-electron chi connectivity index (χ0n) is 18.3. The van der Waals surface area contributed by atoms with E-state index in [1.807, 2.05) is 13.8 Å². The van der Waals surface area contributed by atoms with Crippen molar-refractivity contribution in [1.82, 2.24) is 19.4 Å². The highest BCUT2D eigenvalue weighted by Gasteiger charge is 2.30. The van der Waals surface area contributed by atoms with Gasteiger partial charge in [0.1, 0.15) is 17.3 Å². The SMILES string of the molecule is CCCN(CCC)S(=O)(=O)c1c(C)nn(CC(=O)NCc2ccc(C)c(F)c2)c1C. The molecule has 7 nitrogen and oxygen atoms in total. The van der Waals surface area contributed by atoms with Crippen LogP contribution in [-0.2, 0) is 27.9 Å². The Morgan fingerprint density at radius 1 is 1.17 bits per heavy atom. The van der Waals surface area contributed by atoms with E-state index >= 15 is 0 Å². The van der Waals surface area contributed by atoms with Crippen LogP contribution < -0.4 is 5.32 Å². The first-order chi connectivity index (χ1) is 14.1. The molecule has 0 radical (unpaired) electrons. The molecule has 0 saturated carbocycles. The highest BCUT2D eigenvalue weighted by molar-refractivity contribution is 7.89. The summed E-state index contributed by atoms with van der Waals surface area (Å²) in [6, 6.07) is 4.80. The Bertz CT molecular complexity index is 996. The number of aryl methyl sites for hydroxylation is 2. The topological polar surface area (TPSA) is 84.3 Å². The number of aromatic nitrogens is 2. The Balaban J connectivity index is 2.16. The fraction of sp³-hybridized carbons (Fsp3) is 0.524. The number of amides is 1. The quantitative estimate of drug-likeness (QED) is 0.618. The van der Waals surface area contributed by atoms with Crippen molar-refractivity contribution in [2.75, 3.05) is 13.1 Å². The molecule has 0 unspecified atom stereocenters. The Morgan fingerprint density at radius 2 is 1.80 bits per heavy atom. The standard InChI is InChI=1S/C21H31FN4O3S/c1-6-10-25(11-7-2)30(28,29)21-16(4)24-26(17(21)5)14-20(27)23-13-18-9-8-15(3)19(22)12-18/h8-9,12H,6-7,10-11,13-14H2,1-5H3,(H,23,27). The molecule has 30 heavy (non-hydrogen) atoms. The zero-order chi connectivity index (χ0) is 22.5. The summed E-state index contributed by atoms with van der Waals surface area (Å²) in [4.78, 5) is 12.5. The van der Waals surface area contributed by atoms with E-state index in [4.69, 9.17) is 0 Å². The van der Waals surface area contributed by atoms with Crippen LogP contribution in [0.2, 0.25) is 0 Å². The summed E-state index contributed by atoms with van der Waals surface area (Å²) in [5.41, 5.74) is 2.00. The van der Waals surface area contributed by atoms with E-state index in [2.05, 4.69) is 10.4 Å². The van der Waals surface area contributed by atoms with E-state index < -0.39 is 10.0 Å². The third-order valence-corrected chi connectivity index (χ3v) is 7.03. The molecule has 0 aliphatic carbocycles. The molecule has 0 aliphatic rings. The molecule has 1 heterocycles. The maximum absolute atomic E-state index is 13.6. The lowest BCUT2D eigenvalue weighted by molar-refractivity contribution is -0.122. The van der Waals surface area contributed by atoms with Crippen molar-refractivity contribution in [3.05, 3.63) is 46.5 Å². The Kier molecular flexibility index (Phi) is 8.14. The molecule has 0 bridgehead atoms. The van der Waals surface area contributed by atoms with E-state index in [1.165, 1.54) is 15.1 Å². The second-order valence-corrected chi connectivity index (χ2v) is 9.30. The van der Waals surface area contributed by atoms with Crippen LogP contribution in [0.4, 0.5) is 4.39 Å². The van der Waals surface area contributed by atoms with Gasteiger partial charge in [0.05, 0.1) is 11.4 Å². The van der Waals surface area contributed by atoms with E-state index in [1.54, 1.807) is 32.9 Å². The Hall–Kier alpha value is -2.26. The molecule has 0 fully saturated rings. The van der Waals surface area contributed by atoms with E-state index in [0.717, 1.165) is 0 Å². The molecule has 0 aliphatic heterocycles. The van der Waals surface area contributed by atoms with Gasteiger partial charge in [-0.1, -0.05) is 26.0 Å². The van der Waals surface area contributed by atoms with Crippen LogP contribution in [0.1, 0.15) is 49.2 Å². The number of nitrogens with zero attached hydrogens (tertiary/aromatic N) is 3. The van der Waals surface area contributed by atoms with Crippen LogP contribution >= 0.6 is 0 Å². The number of rotatable bonds is 10. The minimum atomic E-state index is -3.69. The third-order valence-electron chi connectivity index (χ3n) is 4.88. The van der Waals surface area contributed by atoms with Crippen molar-refractivity contribution < 1.29 is 17.6 Å². The van der Waals surface area contributed by atoms with Gasteiger partial charge < -0.3 is 5.32 Å². The smallest absolute Gasteiger partial charge is 0.246 e. The maximum Gasteiger partial charge on any atom is 0.246 e. The predicted molar refractivity (Wildman–Crippen MR) is 114 cm³/mol. The first-order valence-corrected chi connectivity index (χ1v) is 11.6. The summed E-state index contributed by atoms with van der Waals surface area (Å²) in [5.74, 6) is -0.650. The largest absolute Gasteiger partial charge is 0.350 e. The number of nitrogens with one attached hydrogen (secondary N) is 1. The number of hydrogen-bond acceptors (Lipinski definition) is 4. The number of hydrogen-bond donors (Lipinski definition) is 1. The lowest BCUT2D eigenvalue weighted by Gasteiger charge is -2.21. The van der Waals surface area contributed by atoms with Crippen LogP contribution in [0.3, 0.4) is 0 Å². The summed E-state index contributed by atoms with van der Waals surface area (Å²) in [7, 11) is -3.69. The van der Waals surface area contributed by atoms with Crippen LogP contribution in [-0.4, -0.2) is 41.5 Å². The maximum atomic E-state index is 13.6. The number of benzene rings is 1. The molecule has 0 spiro atoms. The summed E-state index contributed by atoms with van der Waals surface area (Å²) in [6.07, 6.45) is 1.43. The number of halogens is 1. The van der Waals surface area contributed by atoms with Crippen LogP contribution in [0, 0.1) is 26.6 Å². The number of carbonyl (C=O) groups excluding carboxylic acids is 1. The average Bonchev–Trinajstić information content (AvgIpc) is 2.96. The monoisotopic (exact) mass is 438 g/mol. The zero-order valence-corrected chi connectivity index (χ0v) is 19.1. The van der Waals surface area contributed by atoms with Gasteiger partial charge in [-0.3, -0.25) is 9.48 Å². The van der Waals surface area contributed by atoms with Crippen molar-refractivity contribution in [3.63, 3.8) is 0 Å². The van der Waals surface area contributed by atoms with Gasteiger partial charge in [0, 0.05) is 19.6 Å². The van der Waals surface area contributed by atoms with E-state index in [-0.39, 0.29) is 29.7 Å². The molecule has 2 aromatic rings. The van der Waals surface area contributed by atoms with Crippen molar-refractivity contribution >= 4 is 15.9 Å². The number of carbonyl (C=O) groups is 1. The fourth-order valence-electron chi connectivity index (χ4n) is 3.33. The lowest BCUT2D eigenvalue weighted by Crippen LogP contribution is -2.33. The van der Waals surface area contributed by atoms with E-state index in [9.17, 15) is 17.6 Å². The average molecular weight is 439 g/mol. The van der Waals surface area contributed by atoms with Gasteiger partial charge in [-0.05, 0) is 50.8 Å². The van der Waals surface area contributed by atoms with E-state index in [0.29, 0.717) is 48.4 Å². The molecule has 0 saturated heterocycles. The van der Waals surface area contributed by atoms with Crippen LogP contribution in [0.15, 0.2) is 23.1 Å². The summed E-state index contributed by atoms with van der Waals surface area (Å²) in [6.45, 7) is 9.79. The predicted octanol–water partition coefficient (Wildman–Crippen LogP) is 3.07. The van der Waals surface area contributed by atoms with Gasteiger partial charge in [-0.15, -0.1) is 0 Å². The molecule has 0 atom stereocenters. The molecule has 9 heteroatoms. The summed E-state index contributed by atoms with van der Waals surface area (Å²) in [5, 5.41) is 7.02. The second-order valence-electron chi connectivity index (χ2n) is 7.42. The Morgan fingerprint density at radius 3 is 2.37 bits per heavy atom. The van der Waals surface area contributed by atoms with Gasteiger partial charge >= 0.3 is 0 Å². The molecule has 2 rings (SSSR count). The fourth-order valence-corrected chi connectivity index (χ4v) is 5.32. The molecule has 1 aromatic carbocycles. The minimum absolute atomic E-state index is 0.113. The van der Waals surface area contributed by atoms with Crippen molar-refractivity contribution in [3.8, 4) is 0 Å². The minimum Gasteiger partial charge on any atom is -0.350 e. The third kappa shape index (κ3) is 5.46. The lowest BCUT2D eigenvalue weighted by atomic mass is 10.1. The molecular formula is C21H31FN4O3S. The normalized spacial score (nSPS) is 11.8. The molecule has 1 N–H and O–H groups in total. The van der Waals surface area contributed by atoms with Crippen molar-refractivity contribution in [1.29, 1.82) is 0 Å². The summed E-state index contributed by atoms with van der Waals surface area (Å²) < 4.78 is 42.8. The summed E-state index contributed by atoms with van der Waals surface area (Å²) >= 11 is 0. The van der Waals surface area contributed by atoms with Crippen LogP contribution in [0.5, 0.6) is 0 Å². The van der Waals surface area contributed by atoms with Gasteiger partial charge in [-0.2, -0.15) is 9.40 Å². The van der Waals surface area contributed by atoms with Gasteiger partial charge in [0.15, 0.2) is 0 Å². The highest BCUT2D eigenvalue weighted by atomic mass is 32.2. The first kappa shape index (κ1) is 24.0. The number of sulfonamides is 1. The highest BCUT2D eigenvalue weighted by Crippen LogP contribution is 2.24. The van der Waals surface area contributed by atoms with Gasteiger partial charge in [0.2, 0.25) is 15.9 Å². The van der Waals surface area contributed by atoms with Crippen LogP contribution in [0.25, 0.3) is 0 Å². The van der Waals surface area contributed by atoms with Crippen molar-refractivity contribution in [2.24, 2.45) is 0 Å². The second kappa shape index (κ2) is 10.2. The molecule has 1 amide bonds. The first-order valence-electron chi connectivity index (χ1n) is 10.2. The molecule has 1 aromatic heterocycles. The van der Waals surface area contributed by atoms with Gasteiger partial charge in [-0.25, -0.2) is 12.8 Å². The molecular weight excluding hydrogens is 407 g/mol.